The number of nitrogens with one attached hydrogen (secondary N) is 1. The minimum absolute atomic E-state index is 0.107. The third-order valence-electron chi connectivity index (χ3n) is 8.39. The highest BCUT2D eigenvalue weighted by molar-refractivity contribution is 5.98. The number of benzene rings is 1. The highest BCUT2D eigenvalue weighted by atomic mass is 16.5. The normalized spacial score (nSPS) is 21.9. The van der Waals surface area contributed by atoms with E-state index in [4.69, 9.17) is 14.7 Å². The molecule has 0 radical (unpaired) electrons. The van der Waals surface area contributed by atoms with E-state index in [1.165, 1.54) is 19.3 Å². The second-order valence-electron chi connectivity index (χ2n) is 10.7. The van der Waals surface area contributed by atoms with Crippen molar-refractivity contribution in [2.45, 2.75) is 38.3 Å². The highest BCUT2D eigenvalue weighted by Gasteiger charge is 2.34. The molecule has 1 aromatic carbocycles. The Morgan fingerprint density at radius 2 is 2.00 bits per heavy atom. The van der Waals surface area contributed by atoms with Crippen molar-refractivity contribution in [1.29, 1.82) is 0 Å². The molecule has 4 aromatic rings. The number of aryl methyl sites for hydroxylation is 1. The number of rotatable bonds is 5. The van der Waals surface area contributed by atoms with E-state index in [1.54, 1.807) is 7.11 Å². The zero-order valence-corrected chi connectivity index (χ0v) is 20.9. The van der Waals surface area contributed by atoms with E-state index in [1.807, 2.05) is 29.2 Å². The monoisotopic (exact) mass is 484 g/mol. The third kappa shape index (κ3) is 3.58. The van der Waals surface area contributed by atoms with E-state index in [0.29, 0.717) is 29.3 Å². The van der Waals surface area contributed by atoms with Crippen LogP contribution < -0.4 is 10.1 Å². The minimum Gasteiger partial charge on any atom is -0.481 e. The molecule has 0 spiro atoms. The second-order valence-corrected chi connectivity index (χ2v) is 10.7. The van der Waals surface area contributed by atoms with Gasteiger partial charge in [0.2, 0.25) is 5.88 Å². The quantitative estimate of drug-likeness (QED) is 0.466. The topological polar surface area (TPSA) is 77.2 Å². The van der Waals surface area contributed by atoms with Crippen LogP contribution in [0.1, 0.15) is 36.0 Å². The average Bonchev–Trinajstić information content (AvgIpc) is 3.34. The predicted octanol–water partition coefficient (Wildman–Crippen LogP) is 3.83. The Hall–Kier alpha value is -3.39. The number of fused-ring (bicyclic) bond motifs is 3. The zero-order chi connectivity index (χ0) is 24.4. The van der Waals surface area contributed by atoms with E-state index in [2.05, 4.69) is 33.6 Å². The van der Waals surface area contributed by atoms with Gasteiger partial charge >= 0.3 is 0 Å². The summed E-state index contributed by atoms with van der Waals surface area (Å²) in [6.07, 6.45) is 4.83. The van der Waals surface area contributed by atoms with Gasteiger partial charge in [-0.15, -0.1) is 0 Å². The standard InChI is InChI=1S/C28H32N6O2/c1-32-23-7-5-20(28(35)33-12-10-18-9-11-29-22(18)16-33)13-21(23)30-27(32)24-14-19-6-8-25(36-2)31-26(19)34(24)15-17-3-4-17/h5-8,13-14,17-18,22,29H,3-4,9-12,15-16H2,1-2H3/t18-,22?/m1/s1. The number of imidazole rings is 1. The van der Waals surface area contributed by atoms with Crippen LogP contribution >= 0.6 is 0 Å². The van der Waals surface area contributed by atoms with Gasteiger partial charge in [-0.1, -0.05) is 0 Å². The molecule has 2 atom stereocenters. The van der Waals surface area contributed by atoms with Crippen LogP contribution in [0.15, 0.2) is 36.4 Å². The lowest BCUT2D eigenvalue weighted by atomic mass is 9.92. The SMILES string of the molecule is COc1ccc2cc(-c3nc4cc(C(=O)N5CC[C@H]6CCNC6C5)ccc4n3C)n(CC3CC3)c2n1. The molecule has 0 bridgehead atoms. The summed E-state index contributed by atoms with van der Waals surface area (Å²) in [6.45, 7) is 3.63. The molecular weight excluding hydrogens is 452 g/mol. The van der Waals surface area contributed by atoms with Crippen LogP contribution in [0.2, 0.25) is 0 Å². The van der Waals surface area contributed by atoms with Crippen LogP contribution in [-0.2, 0) is 13.6 Å². The number of methoxy groups -OCH3 is 1. The number of carbonyl (C=O) groups excluding carboxylic acids is 1. The Labute approximate surface area is 210 Å². The van der Waals surface area contributed by atoms with Gasteiger partial charge in [0.25, 0.3) is 5.91 Å². The number of carbonyl (C=O) groups is 1. The Kier molecular flexibility index (Phi) is 5.06. The number of hydrogen-bond donors (Lipinski definition) is 1. The first-order valence-electron chi connectivity index (χ1n) is 13.1. The molecule has 3 aliphatic rings. The first kappa shape index (κ1) is 21.9. The van der Waals surface area contributed by atoms with Gasteiger partial charge in [-0.3, -0.25) is 4.79 Å². The molecule has 1 amide bonds. The molecule has 186 valence electrons. The summed E-state index contributed by atoms with van der Waals surface area (Å²) in [5.74, 6) is 3.02. The number of pyridine rings is 1. The van der Waals surface area contributed by atoms with Crippen molar-refractivity contribution in [2.75, 3.05) is 26.7 Å². The Morgan fingerprint density at radius 3 is 2.83 bits per heavy atom. The number of likely N-dealkylation sites (tertiary alicyclic amines) is 1. The van der Waals surface area contributed by atoms with E-state index in [-0.39, 0.29) is 5.91 Å². The van der Waals surface area contributed by atoms with E-state index < -0.39 is 0 Å². The highest BCUT2D eigenvalue weighted by Crippen LogP contribution is 2.36. The largest absolute Gasteiger partial charge is 0.481 e. The summed E-state index contributed by atoms with van der Waals surface area (Å²) in [7, 11) is 3.70. The van der Waals surface area contributed by atoms with Gasteiger partial charge in [0.05, 0.1) is 23.8 Å². The molecule has 8 nitrogen and oxygen atoms in total. The first-order valence-corrected chi connectivity index (χ1v) is 13.1. The minimum atomic E-state index is 0.107. The predicted molar refractivity (Wildman–Crippen MR) is 139 cm³/mol. The molecule has 2 saturated heterocycles. The molecule has 36 heavy (non-hydrogen) atoms. The first-order chi connectivity index (χ1) is 17.6. The Balaban J connectivity index is 1.26. The fourth-order valence-corrected chi connectivity index (χ4v) is 6.11. The molecule has 8 heteroatoms. The molecule has 1 unspecified atom stereocenters. The summed E-state index contributed by atoms with van der Waals surface area (Å²) < 4.78 is 9.83. The molecule has 7 rings (SSSR count). The average molecular weight is 485 g/mol. The lowest BCUT2D eigenvalue weighted by Gasteiger charge is -2.35. The fourth-order valence-electron chi connectivity index (χ4n) is 6.11. The second kappa shape index (κ2) is 8.34. The van der Waals surface area contributed by atoms with Crippen LogP contribution in [0.3, 0.4) is 0 Å². The maximum absolute atomic E-state index is 13.4. The molecule has 1 aliphatic carbocycles. The maximum Gasteiger partial charge on any atom is 0.253 e. The van der Waals surface area contributed by atoms with Crippen molar-refractivity contribution in [3.63, 3.8) is 0 Å². The van der Waals surface area contributed by atoms with E-state index in [0.717, 1.165) is 66.2 Å². The lowest BCUT2D eigenvalue weighted by molar-refractivity contribution is 0.0669. The van der Waals surface area contributed by atoms with Gasteiger partial charge in [-0.05, 0) is 74.4 Å². The van der Waals surface area contributed by atoms with Crippen LogP contribution in [0.5, 0.6) is 5.88 Å². The summed E-state index contributed by atoms with van der Waals surface area (Å²) in [6, 6.07) is 12.5. The van der Waals surface area contributed by atoms with Crippen molar-refractivity contribution in [1.82, 2.24) is 29.3 Å². The van der Waals surface area contributed by atoms with Crippen molar-refractivity contribution in [2.24, 2.45) is 18.9 Å². The van der Waals surface area contributed by atoms with Crippen LogP contribution in [0.25, 0.3) is 33.6 Å². The van der Waals surface area contributed by atoms with Crippen molar-refractivity contribution in [3.8, 4) is 17.4 Å². The van der Waals surface area contributed by atoms with Crippen LogP contribution in [0.4, 0.5) is 0 Å². The van der Waals surface area contributed by atoms with E-state index >= 15 is 0 Å². The summed E-state index contributed by atoms with van der Waals surface area (Å²) in [4.78, 5) is 25.2. The maximum atomic E-state index is 13.4. The lowest BCUT2D eigenvalue weighted by Crippen LogP contribution is -2.48. The summed E-state index contributed by atoms with van der Waals surface area (Å²) in [5, 5.41) is 4.65. The molecule has 5 heterocycles. The number of nitrogens with zero attached hydrogens (tertiary/aromatic N) is 5. The molecule has 2 aliphatic heterocycles. The molecule has 3 aromatic heterocycles. The van der Waals surface area contributed by atoms with Gasteiger partial charge in [-0.25, -0.2) is 4.98 Å². The number of ether oxygens (including phenoxy) is 1. The molecule has 1 N–H and O–H groups in total. The van der Waals surface area contributed by atoms with Gasteiger partial charge < -0.3 is 24.1 Å². The fraction of sp³-hybridized carbons (Fsp3) is 0.464. The van der Waals surface area contributed by atoms with Crippen molar-refractivity contribution < 1.29 is 9.53 Å². The smallest absolute Gasteiger partial charge is 0.253 e. The van der Waals surface area contributed by atoms with Crippen molar-refractivity contribution >= 4 is 28.0 Å². The Morgan fingerprint density at radius 1 is 1.11 bits per heavy atom. The third-order valence-corrected chi connectivity index (χ3v) is 8.39. The summed E-state index contributed by atoms with van der Waals surface area (Å²) >= 11 is 0. The zero-order valence-electron chi connectivity index (χ0n) is 20.9. The Bertz CT molecular complexity index is 1480. The number of amides is 1. The number of aromatic nitrogens is 4. The van der Waals surface area contributed by atoms with Crippen LogP contribution in [-0.4, -0.2) is 62.7 Å². The van der Waals surface area contributed by atoms with Gasteiger partial charge in [0.15, 0.2) is 5.82 Å². The van der Waals surface area contributed by atoms with Gasteiger partial charge in [0.1, 0.15) is 5.65 Å². The molecule has 1 saturated carbocycles. The van der Waals surface area contributed by atoms with Crippen molar-refractivity contribution in [3.05, 3.63) is 42.0 Å². The summed E-state index contributed by atoms with van der Waals surface area (Å²) in [5.41, 5.74) is 4.57. The van der Waals surface area contributed by atoms with Gasteiger partial charge in [-0.2, -0.15) is 4.98 Å². The number of hydrogen-bond acceptors (Lipinski definition) is 5. The molecule has 3 fully saturated rings. The number of piperidine rings is 1. The molecular formula is C28H32N6O2. The van der Waals surface area contributed by atoms with Crippen LogP contribution in [0, 0.1) is 11.8 Å². The van der Waals surface area contributed by atoms with E-state index in [9.17, 15) is 4.79 Å². The van der Waals surface area contributed by atoms with Gasteiger partial charge in [0, 0.05) is 49.7 Å².